The molecule has 0 saturated carbocycles. The fourth-order valence-electron chi connectivity index (χ4n) is 1.43. The van der Waals surface area contributed by atoms with Gasteiger partial charge < -0.3 is 9.78 Å². The molecule has 4 heteroatoms. The first-order chi connectivity index (χ1) is 6.72. The summed E-state index contributed by atoms with van der Waals surface area (Å²) in [6, 6.07) is 2.18. The van der Waals surface area contributed by atoms with Crippen LogP contribution in [0.15, 0.2) is 18.3 Å². The lowest BCUT2D eigenvalue weighted by molar-refractivity contribution is -0.107. The van der Waals surface area contributed by atoms with Crippen LogP contribution >= 0.6 is 0 Å². The minimum absolute atomic E-state index is 0.199. The third kappa shape index (κ3) is 1.28. The number of carbonyl (C=O) groups excluding carboxylic acids is 1. The van der Waals surface area contributed by atoms with Crippen molar-refractivity contribution in [3.8, 4) is 0 Å². The van der Waals surface area contributed by atoms with Gasteiger partial charge in [0.1, 0.15) is 6.29 Å². The molecule has 2 nitrogen and oxygen atoms in total. The highest BCUT2D eigenvalue weighted by molar-refractivity contribution is 5.85. The summed E-state index contributed by atoms with van der Waals surface area (Å²) in [5, 5.41) is 0.552. The third-order valence-corrected chi connectivity index (χ3v) is 2.11. The summed E-state index contributed by atoms with van der Waals surface area (Å²) >= 11 is 0. The Morgan fingerprint density at radius 3 is 2.71 bits per heavy atom. The average Bonchev–Trinajstić information content (AvgIpc) is 2.51. The Labute approximate surface area is 78.5 Å². The maximum Gasteiger partial charge on any atom is 0.160 e. The van der Waals surface area contributed by atoms with Crippen LogP contribution in [0.2, 0.25) is 0 Å². The number of hydrogen-bond acceptors (Lipinski definition) is 1. The van der Waals surface area contributed by atoms with Crippen molar-refractivity contribution in [3.05, 3.63) is 35.5 Å². The number of nitrogens with one attached hydrogen (secondary N) is 1. The molecule has 0 aliphatic rings. The van der Waals surface area contributed by atoms with Crippen molar-refractivity contribution in [2.45, 2.75) is 6.42 Å². The molecular formula is C10H7F2NO. The van der Waals surface area contributed by atoms with Crippen LogP contribution in [0.25, 0.3) is 10.9 Å². The predicted octanol–water partition coefficient (Wildman–Crippen LogP) is 2.19. The van der Waals surface area contributed by atoms with Crippen molar-refractivity contribution < 1.29 is 13.6 Å². The molecule has 0 radical (unpaired) electrons. The standard InChI is InChI=1S/C10H7F2NO/c11-8-3-7-6(1-2-14)5-13-10(7)4-9(8)12/h2-5,13H,1H2. The van der Waals surface area contributed by atoms with E-state index in [1.807, 2.05) is 0 Å². The van der Waals surface area contributed by atoms with Crippen molar-refractivity contribution in [1.29, 1.82) is 0 Å². The molecule has 0 bridgehead atoms. The van der Waals surface area contributed by atoms with E-state index in [4.69, 9.17) is 0 Å². The van der Waals surface area contributed by atoms with Crippen LogP contribution in [0.4, 0.5) is 8.78 Å². The van der Waals surface area contributed by atoms with Crippen LogP contribution in [0.5, 0.6) is 0 Å². The van der Waals surface area contributed by atoms with Gasteiger partial charge in [-0.25, -0.2) is 8.78 Å². The molecule has 0 fully saturated rings. The van der Waals surface area contributed by atoms with Crippen LogP contribution in [-0.4, -0.2) is 11.3 Å². The molecule has 0 spiro atoms. The van der Waals surface area contributed by atoms with Crippen LogP contribution in [-0.2, 0) is 11.2 Å². The topological polar surface area (TPSA) is 32.9 Å². The van der Waals surface area contributed by atoms with Crippen molar-refractivity contribution in [3.63, 3.8) is 0 Å². The van der Waals surface area contributed by atoms with Gasteiger partial charge in [-0.3, -0.25) is 0 Å². The SMILES string of the molecule is O=CCc1c[nH]c2cc(F)c(F)cc12. The molecule has 1 N–H and O–H groups in total. The van der Waals surface area contributed by atoms with E-state index < -0.39 is 11.6 Å². The summed E-state index contributed by atoms with van der Waals surface area (Å²) in [7, 11) is 0. The fourth-order valence-corrected chi connectivity index (χ4v) is 1.43. The maximum absolute atomic E-state index is 12.9. The van der Waals surface area contributed by atoms with Crippen molar-refractivity contribution in [2.24, 2.45) is 0 Å². The molecule has 2 aromatic rings. The Morgan fingerprint density at radius 2 is 2.00 bits per heavy atom. The molecule has 0 unspecified atom stereocenters. The van der Waals surface area contributed by atoms with E-state index in [9.17, 15) is 13.6 Å². The predicted molar refractivity (Wildman–Crippen MR) is 48.0 cm³/mol. The largest absolute Gasteiger partial charge is 0.361 e. The lowest BCUT2D eigenvalue weighted by atomic mass is 10.1. The highest BCUT2D eigenvalue weighted by Crippen LogP contribution is 2.21. The first-order valence-electron chi connectivity index (χ1n) is 4.11. The average molecular weight is 195 g/mol. The van der Waals surface area contributed by atoms with E-state index in [1.54, 1.807) is 6.20 Å². The molecule has 2 rings (SSSR count). The van der Waals surface area contributed by atoms with E-state index >= 15 is 0 Å². The molecule has 0 aliphatic heterocycles. The Balaban J connectivity index is 2.67. The van der Waals surface area contributed by atoms with E-state index in [2.05, 4.69) is 4.98 Å². The molecule has 0 amide bonds. The van der Waals surface area contributed by atoms with Gasteiger partial charge in [0, 0.05) is 29.6 Å². The Hall–Kier alpha value is -1.71. The zero-order valence-electron chi connectivity index (χ0n) is 7.18. The van der Waals surface area contributed by atoms with Gasteiger partial charge in [0.25, 0.3) is 0 Å². The number of fused-ring (bicyclic) bond motifs is 1. The summed E-state index contributed by atoms with van der Waals surface area (Å²) < 4.78 is 25.6. The number of aldehydes is 1. The summed E-state index contributed by atoms with van der Waals surface area (Å²) in [6.45, 7) is 0. The minimum Gasteiger partial charge on any atom is -0.361 e. The lowest BCUT2D eigenvalue weighted by Crippen LogP contribution is -1.86. The number of rotatable bonds is 2. The van der Waals surface area contributed by atoms with Crippen LogP contribution in [0.3, 0.4) is 0 Å². The van der Waals surface area contributed by atoms with Crippen molar-refractivity contribution >= 4 is 17.2 Å². The van der Waals surface area contributed by atoms with Gasteiger partial charge in [-0.2, -0.15) is 0 Å². The van der Waals surface area contributed by atoms with Gasteiger partial charge in [-0.15, -0.1) is 0 Å². The number of benzene rings is 1. The second-order valence-electron chi connectivity index (χ2n) is 3.00. The van der Waals surface area contributed by atoms with E-state index in [0.717, 1.165) is 18.4 Å². The Kier molecular flexibility index (Phi) is 2.04. The number of aromatic nitrogens is 1. The number of H-pyrrole nitrogens is 1. The zero-order chi connectivity index (χ0) is 10.1. The molecule has 14 heavy (non-hydrogen) atoms. The summed E-state index contributed by atoms with van der Waals surface area (Å²) in [5.74, 6) is -1.79. The smallest absolute Gasteiger partial charge is 0.160 e. The van der Waals surface area contributed by atoms with Gasteiger partial charge in [0.05, 0.1) is 0 Å². The molecule has 1 heterocycles. The number of hydrogen-bond donors (Lipinski definition) is 1. The molecule has 0 saturated heterocycles. The highest BCUT2D eigenvalue weighted by Gasteiger charge is 2.08. The molecule has 0 aliphatic carbocycles. The van der Waals surface area contributed by atoms with Gasteiger partial charge >= 0.3 is 0 Å². The van der Waals surface area contributed by atoms with Gasteiger partial charge in [-0.1, -0.05) is 0 Å². The van der Waals surface area contributed by atoms with Gasteiger partial charge in [0.15, 0.2) is 11.6 Å². The Bertz CT molecular complexity index is 490. The van der Waals surface area contributed by atoms with E-state index in [1.165, 1.54) is 0 Å². The summed E-state index contributed by atoms with van der Waals surface area (Å²) in [4.78, 5) is 13.1. The fraction of sp³-hybridized carbons (Fsp3) is 0.100. The molecule has 72 valence electrons. The first-order valence-corrected chi connectivity index (χ1v) is 4.11. The zero-order valence-corrected chi connectivity index (χ0v) is 7.18. The van der Waals surface area contributed by atoms with Gasteiger partial charge in [0.2, 0.25) is 0 Å². The quantitative estimate of drug-likeness (QED) is 0.732. The molecule has 0 atom stereocenters. The van der Waals surface area contributed by atoms with Crippen LogP contribution in [0.1, 0.15) is 5.56 Å². The summed E-state index contributed by atoms with van der Waals surface area (Å²) in [6.07, 6.45) is 2.51. The number of carbonyl (C=O) groups is 1. The lowest BCUT2D eigenvalue weighted by Gasteiger charge is -1.95. The van der Waals surface area contributed by atoms with E-state index in [-0.39, 0.29) is 6.42 Å². The Morgan fingerprint density at radius 1 is 1.29 bits per heavy atom. The molecule has 1 aromatic heterocycles. The third-order valence-electron chi connectivity index (χ3n) is 2.11. The second kappa shape index (κ2) is 3.21. The maximum atomic E-state index is 12.9. The van der Waals surface area contributed by atoms with E-state index in [0.29, 0.717) is 16.5 Å². The second-order valence-corrected chi connectivity index (χ2v) is 3.00. The van der Waals surface area contributed by atoms with Gasteiger partial charge in [-0.05, 0) is 11.6 Å². The van der Waals surface area contributed by atoms with Crippen LogP contribution < -0.4 is 0 Å². The highest BCUT2D eigenvalue weighted by atomic mass is 19.2. The molecule has 1 aromatic carbocycles. The van der Waals surface area contributed by atoms with Crippen molar-refractivity contribution in [2.75, 3.05) is 0 Å². The minimum atomic E-state index is -0.899. The molecular weight excluding hydrogens is 188 g/mol. The van der Waals surface area contributed by atoms with Crippen LogP contribution in [0, 0.1) is 11.6 Å². The normalized spacial score (nSPS) is 10.7. The summed E-state index contributed by atoms with van der Waals surface area (Å²) in [5.41, 5.74) is 1.18. The monoisotopic (exact) mass is 195 g/mol. The van der Waals surface area contributed by atoms with Crippen molar-refractivity contribution in [1.82, 2.24) is 4.98 Å². The number of halogens is 2. The number of aromatic amines is 1. The first kappa shape index (κ1) is 8.87.